The molecule has 0 aromatic heterocycles. The summed E-state index contributed by atoms with van der Waals surface area (Å²) in [5.41, 5.74) is 1.03. The van der Waals surface area contributed by atoms with E-state index in [0.29, 0.717) is 13.0 Å². The van der Waals surface area contributed by atoms with Crippen LogP contribution in [0.25, 0.3) is 0 Å². The number of rotatable bonds is 5. The topological polar surface area (TPSA) is 46.6 Å². The molecule has 1 aliphatic heterocycles. The third-order valence-corrected chi connectivity index (χ3v) is 5.36. The van der Waals surface area contributed by atoms with Crippen molar-refractivity contribution in [3.05, 3.63) is 35.9 Å². The SMILES string of the molecule is CCCCS(=O)(=O)N1CC(c2ccccc2)OC1C. The average Bonchev–Trinajstić information content (AvgIpc) is 2.80. The van der Waals surface area contributed by atoms with E-state index in [4.69, 9.17) is 4.74 Å². The standard InChI is InChI=1S/C14H21NO3S/c1-3-4-10-19(16,17)15-11-14(18-12(15)2)13-8-6-5-7-9-13/h5-9,12,14H,3-4,10-11H2,1-2H3. The van der Waals surface area contributed by atoms with Crippen LogP contribution in [0.4, 0.5) is 0 Å². The van der Waals surface area contributed by atoms with E-state index in [1.807, 2.05) is 37.3 Å². The average molecular weight is 283 g/mol. The van der Waals surface area contributed by atoms with Gasteiger partial charge in [-0.25, -0.2) is 8.42 Å². The summed E-state index contributed by atoms with van der Waals surface area (Å²) in [6, 6.07) is 9.77. The second-order valence-corrected chi connectivity index (χ2v) is 6.92. The molecule has 0 spiro atoms. The van der Waals surface area contributed by atoms with Crippen LogP contribution in [0, 0.1) is 0 Å². The molecule has 1 aliphatic rings. The van der Waals surface area contributed by atoms with Crippen molar-refractivity contribution in [3.63, 3.8) is 0 Å². The Kier molecular flexibility index (Phi) is 4.60. The van der Waals surface area contributed by atoms with Crippen LogP contribution in [-0.4, -0.2) is 31.2 Å². The number of hydrogen-bond donors (Lipinski definition) is 0. The molecule has 0 radical (unpaired) electrons. The first kappa shape index (κ1) is 14.5. The van der Waals surface area contributed by atoms with E-state index in [1.54, 1.807) is 6.92 Å². The highest BCUT2D eigenvalue weighted by molar-refractivity contribution is 7.89. The second kappa shape index (κ2) is 6.03. The van der Waals surface area contributed by atoms with Gasteiger partial charge in [-0.05, 0) is 18.9 Å². The molecule has 0 N–H and O–H groups in total. The summed E-state index contributed by atoms with van der Waals surface area (Å²) in [5.74, 6) is 0.207. The van der Waals surface area contributed by atoms with Crippen LogP contribution in [0.3, 0.4) is 0 Å². The zero-order valence-corrected chi connectivity index (χ0v) is 12.3. The minimum absolute atomic E-state index is 0.160. The number of hydrogen-bond acceptors (Lipinski definition) is 3. The van der Waals surface area contributed by atoms with Gasteiger partial charge in [0.15, 0.2) is 0 Å². The molecule has 1 aromatic carbocycles. The molecule has 1 saturated heterocycles. The molecule has 0 saturated carbocycles. The number of benzene rings is 1. The van der Waals surface area contributed by atoms with Crippen LogP contribution in [0.1, 0.15) is 38.4 Å². The minimum Gasteiger partial charge on any atom is -0.353 e. The van der Waals surface area contributed by atoms with Crippen LogP contribution in [-0.2, 0) is 14.8 Å². The van der Waals surface area contributed by atoms with Crippen LogP contribution >= 0.6 is 0 Å². The highest BCUT2D eigenvalue weighted by Gasteiger charge is 2.37. The lowest BCUT2D eigenvalue weighted by molar-refractivity contribution is 0.0344. The van der Waals surface area contributed by atoms with Crippen molar-refractivity contribution < 1.29 is 13.2 Å². The molecule has 1 aromatic rings. The molecule has 0 amide bonds. The normalized spacial score (nSPS) is 24.7. The number of unbranched alkanes of at least 4 members (excludes halogenated alkanes) is 1. The van der Waals surface area contributed by atoms with Gasteiger partial charge in [0.05, 0.1) is 11.9 Å². The van der Waals surface area contributed by atoms with E-state index in [1.165, 1.54) is 4.31 Å². The fourth-order valence-corrected chi connectivity index (χ4v) is 4.05. The van der Waals surface area contributed by atoms with E-state index < -0.39 is 10.0 Å². The van der Waals surface area contributed by atoms with Crippen molar-refractivity contribution in [2.24, 2.45) is 0 Å². The fourth-order valence-electron chi connectivity index (χ4n) is 2.30. The molecule has 4 nitrogen and oxygen atoms in total. The first-order valence-electron chi connectivity index (χ1n) is 6.74. The Morgan fingerprint density at radius 3 is 2.63 bits per heavy atom. The van der Waals surface area contributed by atoms with E-state index in [-0.39, 0.29) is 18.1 Å². The lowest BCUT2D eigenvalue weighted by atomic mass is 10.1. The molecule has 2 unspecified atom stereocenters. The lowest BCUT2D eigenvalue weighted by Crippen LogP contribution is -2.36. The van der Waals surface area contributed by atoms with Gasteiger partial charge in [-0.2, -0.15) is 4.31 Å². The first-order valence-corrected chi connectivity index (χ1v) is 8.35. The number of ether oxygens (including phenoxy) is 1. The quantitative estimate of drug-likeness (QED) is 0.834. The van der Waals surface area contributed by atoms with Crippen molar-refractivity contribution in [1.29, 1.82) is 0 Å². The van der Waals surface area contributed by atoms with Crippen molar-refractivity contribution >= 4 is 10.0 Å². The van der Waals surface area contributed by atoms with Gasteiger partial charge >= 0.3 is 0 Å². The highest BCUT2D eigenvalue weighted by Crippen LogP contribution is 2.30. The number of sulfonamides is 1. The van der Waals surface area contributed by atoms with Crippen molar-refractivity contribution in [3.8, 4) is 0 Å². The van der Waals surface area contributed by atoms with Gasteiger partial charge in [0.25, 0.3) is 0 Å². The van der Waals surface area contributed by atoms with Crippen molar-refractivity contribution in [2.75, 3.05) is 12.3 Å². The zero-order chi connectivity index (χ0) is 13.9. The maximum absolute atomic E-state index is 12.2. The summed E-state index contributed by atoms with van der Waals surface area (Å²) in [5, 5.41) is 0. The Morgan fingerprint density at radius 2 is 2.00 bits per heavy atom. The molecule has 2 rings (SSSR count). The van der Waals surface area contributed by atoms with E-state index >= 15 is 0 Å². The third kappa shape index (κ3) is 3.35. The minimum atomic E-state index is -3.20. The Labute approximate surface area is 115 Å². The summed E-state index contributed by atoms with van der Waals surface area (Å²) in [6.07, 6.45) is 1.03. The molecular weight excluding hydrogens is 262 g/mol. The third-order valence-electron chi connectivity index (χ3n) is 3.40. The van der Waals surface area contributed by atoms with Gasteiger partial charge < -0.3 is 4.74 Å². The van der Waals surface area contributed by atoms with Crippen LogP contribution < -0.4 is 0 Å². The van der Waals surface area contributed by atoms with Crippen molar-refractivity contribution in [1.82, 2.24) is 4.31 Å². The number of nitrogens with zero attached hydrogens (tertiary/aromatic N) is 1. The van der Waals surface area contributed by atoms with Gasteiger partial charge in [-0.3, -0.25) is 0 Å². The smallest absolute Gasteiger partial charge is 0.216 e. The Morgan fingerprint density at radius 1 is 1.32 bits per heavy atom. The molecule has 0 bridgehead atoms. The Bertz CT molecular complexity index is 501. The van der Waals surface area contributed by atoms with E-state index in [0.717, 1.165) is 12.0 Å². The van der Waals surface area contributed by atoms with Gasteiger partial charge in [-0.15, -0.1) is 0 Å². The predicted molar refractivity (Wildman–Crippen MR) is 75.1 cm³/mol. The summed E-state index contributed by atoms with van der Waals surface area (Å²) < 4.78 is 31.7. The highest BCUT2D eigenvalue weighted by atomic mass is 32.2. The largest absolute Gasteiger partial charge is 0.353 e. The summed E-state index contributed by atoms with van der Waals surface area (Å²) in [6.45, 7) is 4.20. The molecule has 0 aliphatic carbocycles. The molecule has 19 heavy (non-hydrogen) atoms. The lowest BCUT2D eigenvalue weighted by Gasteiger charge is -2.18. The Hall–Kier alpha value is -0.910. The molecular formula is C14H21NO3S. The Balaban J connectivity index is 2.10. The predicted octanol–water partition coefficient (Wildman–Crippen LogP) is 2.54. The van der Waals surface area contributed by atoms with Gasteiger partial charge in [-0.1, -0.05) is 43.7 Å². The second-order valence-electron chi connectivity index (χ2n) is 4.87. The maximum Gasteiger partial charge on any atom is 0.216 e. The molecule has 1 heterocycles. The van der Waals surface area contributed by atoms with Crippen LogP contribution in [0.5, 0.6) is 0 Å². The molecule has 2 atom stereocenters. The molecule has 106 valence electrons. The fraction of sp³-hybridized carbons (Fsp3) is 0.571. The van der Waals surface area contributed by atoms with Crippen molar-refractivity contribution in [2.45, 2.75) is 39.0 Å². The molecule has 1 fully saturated rings. The van der Waals surface area contributed by atoms with E-state index in [9.17, 15) is 8.42 Å². The maximum atomic E-state index is 12.2. The zero-order valence-electron chi connectivity index (χ0n) is 11.5. The van der Waals surface area contributed by atoms with Crippen LogP contribution in [0.2, 0.25) is 0 Å². The summed E-state index contributed by atoms with van der Waals surface area (Å²) in [7, 11) is -3.20. The van der Waals surface area contributed by atoms with Gasteiger partial charge in [0.1, 0.15) is 6.23 Å². The first-order chi connectivity index (χ1) is 9.04. The van der Waals surface area contributed by atoms with E-state index in [2.05, 4.69) is 0 Å². The van der Waals surface area contributed by atoms with Gasteiger partial charge in [0.2, 0.25) is 10.0 Å². The molecule has 5 heteroatoms. The summed E-state index contributed by atoms with van der Waals surface area (Å²) >= 11 is 0. The monoisotopic (exact) mass is 283 g/mol. The van der Waals surface area contributed by atoms with Crippen LogP contribution in [0.15, 0.2) is 30.3 Å². The van der Waals surface area contributed by atoms with Gasteiger partial charge in [0, 0.05) is 6.54 Å². The summed E-state index contributed by atoms with van der Waals surface area (Å²) in [4.78, 5) is 0.